The first-order valence-corrected chi connectivity index (χ1v) is 14.2. The zero-order valence-corrected chi connectivity index (χ0v) is 22.9. The molecule has 0 spiro atoms. The van der Waals surface area contributed by atoms with Gasteiger partial charge in [-0.2, -0.15) is 0 Å². The number of urea groups is 1. The van der Waals surface area contributed by atoms with Gasteiger partial charge in [0.05, 0.1) is 17.5 Å². The Morgan fingerprint density at radius 2 is 2.09 bits per heavy atom. The number of hydrogen-bond donors (Lipinski definition) is 4. The normalized spacial score (nSPS) is 37.2. The number of aromatic nitrogens is 2. The summed E-state index contributed by atoms with van der Waals surface area (Å²) in [6.07, 6.45) is 14.0. The molecule has 4 N–H and O–H groups in total. The summed E-state index contributed by atoms with van der Waals surface area (Å²) in [6.45, 7) is 5.69. The first kappa shape index (κ1) is 25.0. The number of imidazole rings is 1. The third-order valence-electron chi connectivity index (χ3n) is 9.80. The number of fused-ring (bicyclic) bond motifs is 5. The first-order valence-electron chi connectivity index (χ1n) is 13.1. The molecule has 3 fully saturated rings. The maximum absolute atomic E-state index is 12.2. The average molecular weight is 596 g/mol. The van der Waals surface area contributed by atoms with E-state index >= 15 is 0 Å². The van der Waals surface area contributed by atoms with Crippen LogP contribution < -0.4 is 10.6 Å². The second-order valence-electron chi connectivity index (χ2n) is 11.4. The number of ether oxygens (including phenoxy) is 1. The quantitative estimate of drug-likeness (QED) is 0.161. The summed E-state index contributed by atoms with van der Waals surface area (Å²) in [5.74, 6) is 2.13. The fourth-order valence-electron chi connectivity index (χ4n) is 7.91. The van der Waals surface area contributed by atoms with Gasteiger partial charge in [-0.1, -0.05) is 24.6 Å². The molecule has 0 bridgehead atoms. The Bertz CT molecular complexity index is 1010. The lowest BCUT2D eigenvalue weighted by Crippen LogP contribution is -2.52. The van der Waals surface area contributed by atoms with Crippen molar-refractivity contribution in [2.24, 2.45) is 33.7 Å². The fraction of sp³-hybridized carbons (Fsp3) is 0.731. The van der Waals surface area contributed by atoms with E-state index in [1.807, 2.05) is 6.20 Å². The van der Waals surface area contributed by atoms with E-state index < -0.39 is 0 Å². The molecule has 35 heavy (non-hydrogen) atoms. The molecule has 0 aromatic carbocycles. The van der Waals surface area contributed by atoms with Crippen molar-refractivity contribution in [2.75, 3.05) is 13.3 Å². The Hall–Kier alpha value is -1.62. The molecule has 192 valence electrons. The minimum Gasteiger partial charge on any atom is -0.411 e. The Morgan fingerprint density at radius 3 is 2.86 bits per heavy atom. The van der Waals surface area contributed by atoms with E-state index in [0.29, 0.717) is 24.8 Å². The summed E-state index contributed by atoms with van der Waals surface area (Å²) < 4.78 is 7.17. The molecule has 3 saturated carbocycles. The number of amides is 2. The van der Waals surface area contributed by atoms with Gasteiger partial charge in [0.2, 0.25) is 0 Å². The number of carbonyl (C=O) groups excluding carboxylic acids is 1. The monoisotopic (exact) mass is 595 g/mol. The van der Waals surface area contributed by atoms with Crippen LogP contribution >= 0.6 is 22.6 Å². The van der Waals surface area contributed by atoms with Gasteiger partial charge < -0.3 is 25.6 Å². The highest BCUT2D eigenvalue weighted by Gasteiger charge is 2.59. The Morgan fingerprint density at radius 1 is 1.23 bits per heavy atom. The molecule has 8 nitrogen and oxygen atoms in total. The second-order valence-corrected chi connectivity index (χ2v) is 12.4. The SMILES string of the molecule is C[C@]12CC[C@H]3[C@@H](CCC4=CC(=NO)CC[C@@]43C)[C@@H]1CC[C@@H]2OCNC(=O)NCCc1c[nH]c(I)n1. The molecular weight excluding hydrogens is 557 g/mol. The summed E-state index contributed by atoms with van der Waals surface area (Å²) in [6, 6.07) is -0.193. The van der Waals surface area contributed by atoms with Crippen LogP contribution in [0.1, 0.15) is 70.9 Å². The summed E-state index contributed by atoms with van der Waals surface area (Å²) in [5, 5.41) is 18.6. The van der Waals surface area contributed by atoms with E-state index in [-0.39, 0.29) is 29.7 Å². The fourth-order valence-corrected chi connectivity index (χ4v) is 8.38. The van der Waals surface area contributed by atoms with Crippen molar-refractivity contribution in [3.8, 4) is 0 Å². The van der Waals surface area contributed by atoms with E-state index in [0.717, 1.165) is 46.8 Å². The highest BCUT2D eigenvalue weighted by molar-refractivity contribution is 14.1. The minimum atomic E-state index is -0.193. The summed E-state index contributed by atoms with van der Waals surface area (Å²) >= 11 is 2.14. The number of oxime groups is 1. The smallest absolute Gasteiger partial charge is 0.316 e. The van der Waals surface area contributed by atoms with Crippen molar-refractivity contribution in [1.29, 1.82) is 0 Å². The van der Waals surface area contributed by atoms with Crippen LogP contribution in [0.5, 0.6) is 0 Å². The lowest BCUT2D eigenvalue weighted by molar-refractivity contribution is -0.0962. The second kappa shape index (κ2) is 10.0. The van der Waals surface area contributed by atoms with Crippen molar-refractivity contribution in [3.63, 3.8) is 0 Å². The molecule has 9 heteroatoms. The highest BCUT2D eigenvalue weighted by atomic mass is 127. The molecular formula is C26H38IN5O3. The molecule has 5 rings (SSSR count). The van der Waals surface area contributed by atoms with E-state index in [9.17, 15) is 10.0 Å². The summed E-state index contributed by atoms with van der Waals surface area (Å²) in [7, 11) is 0. The molecule has 4 aliphatic rings. The maximum Gasteiger partial charge on any atom is 0.316 e. The van der Waals surface area contributed by atoms with E-state index in [4.69, 9.17) is 4.74 Å². The van der Waals surface area contributed by atoms with Crippen LogP contribution in [0.4, 0.5) is 4.79 Å². The van der Waals surface area contributed by atoms with E-state index in [1.165, 1.54) is 31.3 Å². The zero-order chi connectivity index (χ0) is 24.6. The van der Waals surface area contributed by atoms with Gasteiger partial charge in [-0.3, -0.25) is 0 Å². The standard InChI is InChI=1S/C26H38IN5O3/c1-25-10-7-17(32-34)13-16(25)3-4-19-20-5-6-22(26(20,2)11-8-21(19)25)35-15-30-24(33)28-12-9-18-14-29-23(27)31-18/h13-14,19-22,34H,3-12,15H2,1-2H3,(H,29,31)(H2,28,30,33)/t19-,20-,21-,22-,25-,26-/m0/s1. The Balaban J connectivity index is 1.13. The van der Waals surface area contributed by atoms with Crippen molar-refractivity contribution < 1.29 is 14.7 Å². The van der Waals surface area contributed by atoms with Crippen molar-refractivity contribution >= 4 is 34.3 Å². The number of halogens is 1. The van der Waals surface area contributed by atoms with Crippen LogP contribution in [-0.2, 0) is 11.2 Å². The summed E-state index contributed by atoms with van der Waals surface area (Å²) in [5.41, 5.74) is 3.72. The number of H-pyrrole nitrogens is 1. The Kier molecular flexibility index (Phi) is 7.18. The maximum atomic E-state index is 12.2. The third kappa shape index (κ3) is 4.74. The van der Waals surface area contributed by atoms with Crippen LogP contribution in [0.25, 0.3) is 0 Å². The number of nitrogens with zero attached hydrogens (tertiary/aromatic N) is 2. The largest absolute Gasteiger partial charge is 0.411 e. The van der Waals surface area contributed by atoms with Gasteiger partial charge >= 0.3 is 6.03 Å². The lowest BCUT2D eigenvalue weighted by Gasteiger charge is -2.58. The number of hydrogen-bond acceptors (Lipinski definition) is 5. The molecule has 0 saturated heterocycles. The van der Waals surface area contributed by atoms with Gasteiger partial charge in [0.15, 0.2) is 3.83 Å². The lowest BCUT2D eigenvalue weighted by atomic mass is 9.47. The molecule has 1 aromatic rings. The van der Waals surface area contributed by atoms with Gasteiger partial charge in [0.1, 0.15) is 6.73 Å². The third-order valence-corrected chi connectivity index (χ3v) is 10.4. The molecule has 0 aliphatic heterocycles. The predicted octanol–water partition coefficient (Wildman–Crippen LogP) is 4.99. The van der Waals surface area contributed by atoms with Gasteiger partial charge in [-0.25, -0.2) is 9.78 Å². The molecule has 6 atom stereocenters. The van der Waals surface area contributed by atoms with Crippen LogP contribution in [0.15, 0.2) is 23.0 Å². The van der Waals surface area contributed by atoms with Gasteiger partial charge in [-0.15, -0.1) is 0 Å². The number of allylic oxidation sites excluding steroid dienone is 2. The molecule has 0 unspecified atom stereocenters. The highest BCUT2D eigenvalue weighted by Crippen LogP contribution is 2.65. The van der Waals surface area contributed by atoms with E-state index in [1.54, 1.807) is 0 Å². The van der Waals surface area contributed by atoms with Gasteiger partial charge in [-0.05, 0) is 109 Å². The van der Waals surface area contributed by atoms with Crippen molar-refractivity contribution in [3.05, 3.63) is 27.4 Å². The van der Waals surface area contributed by atoms with Crippen molar-refractivity contribution in [1.82, 2.24) is 20.6 Å². The first-order chi connectivity index (χ1) is 16.8. The van der Waals surface area contributed by atoms with Gasteiger partial charge in [0, 0.05) is 19.2 Å². The molecule has 1 heterocycles. The molecule has 4 aliphatic carbocycles. The number of nitrogens with one attached hydrogen (secondary N) is 3. The average Bonchev–Trinajstić information content (AvgIpc) is 3.41. The van der Waals surface area contributed by atoms with Crippen LogP contribution in [0.2, 0.25) is 0 Å². The summed E-state index contributed by atoms with van der Waals surface area (Å²) in [4.78, 5) is 19.6. The van der Waals surface area contributed by atoms with Crippen LogP contribution in [0, 0.1) is 32.4 Å². The molecule has 1 aromatic heterocycles. The number of carbonyl (C=O) groups is 1. The van der Waals surface area contributed by atoms with E-state index in [2.05, 4.69) is 68.3 Å². The molecule has 0 radical (unpaired) electrons. The Labute approximate surface area is 221 Å². The number of aromatic amines is 1. The minimum absolute atomic E-state index is 0.181. The van der Waals surface area contributed by atoms with Crippen LogP contribution in [0.3, 0.4) is 0 Å². The predicted molar refractivity (Wildman–Crippen MR) is 142 cm³/mol. The molecule has 2 amide bonds. The zero-order valence-electron chi connectivity index (χ0n) is 20.8. The topological polar surface area (TPSA) is 112 Å². The number of rotatable bonds is 6. The van der Waals surface area contributed by atoms with Crippen molar-refractivity contribution in [2.45, 2.75) is 77.7 Å². The van der Waals surface area contributed by atoms with Gasteiger partial charge in [0.25, 0.3) is 0 Å². The van der Waals surface area contributed by atoms with Crippen LogP contribution in [-0.4, -0.2) is 46.3 Å².